The molecular formula is C21H23Cl2N3O. The lowest BCUT2D eigenvalue weighted by molar-refractivity contribution is 0.315. The van der Waals surface area contributed by atoms with Gasteiger partial charge in [0.05, 0.1) is 17.0 Å². The summed E-state index contributed by atoms with van der Waals surface area (Å²) >= 11 is 12.5. The molecule has 1 aliphatic heterocycles. The summed E-state index contributed by atoms with van der Waals surface area (Å²) in [5.74, 6) is 0.198. The Balaban J connectivity index is 1.66. The van der Waals surface area contributed by atoms with Gasteiger partial charge in [0, 0.05) is 41.4 Å². The molecule has 1 saturated heterocycles. The van der Waals surface area contributed by atoms with Gasteiger partial charge in [-0.3, -0.25) is 0 Å². The molecule has 0 spiro atoms. The lowest BCUT2D eigenvalue weighted by atomic mass is 10.2. The van der Waals surface area contributed by atoms with E-state index in [1.807, 2.05) is 41.1 Å². The quantitative estimate of drug-likeness (QED) is 0.675. The minimum Gasteiger partial charge on any atom is -0.494 e. The first-order chi connectivity index (χ1) is 12.9. The molecule has 3 aromatic rings. The van der Waals surface area contributed by atoms with Gasteiger partial charge in [-0.1, -0.05) is 35.3 Å². The van der Waals surface area contributed by atoms with Crippen LogP contribution in [-0.2, 0) is 6.54 Å². The van der Waals surface area contributed by atoms with E-state index in [-0.39, 0.29) is 5.88 Å². The van der Waals surface area contributed by atoms with Gasteiger partial charge in [-0.15, -0.1) is 0 Å². The summed E-state index contributed by atoms with van der Waals surface area (Å²) in [4.78, 5) is 4.64. The third kappa shape index (κ3) is 3.62. The van der Waals surface area contributed by atoms with Crippen LogP contribution < -0.4 is 4.90 Å². The lowest BCUT2D eigenvalue weighted by Gasteiger charge is -2.22. The van der Waals surface area contributed by atoms with Crippen LogP contribution in [0.3, 0.4) is 0 Å². The number of hydrogen-bond donors (Lipinski definition) is 1. The molecule has 4 rings (SSSR count). The van der Waals surface area contributed by atoms with Gasteiger partial charge >= 0.3 is 0 Å². The molecule has 1 aromatic heterocycles. The van der Waals surface area contributed by atoms with E-state index in [1.165, 1.54) is 0 Å². The van der Waals surface area contributed by atoms with Crippen LogP contribution in [0.25, 0.3) is 10.8 Å². The second kappa shape index (κ2) is 7.27. The second-order valence-corrected chi connectivity index (χ2v) is 8.29. The highest BCUT2D eigenvalue weighted by Gasteiger charge is 2.25. The smallest absolute Gasteiger partial charge is 0.200 e. The van der Waals surface area contributed by atoms with E-state index < -0.39 is 0 Å². The lowest BCUT2D eigenvalue weighted by Crippen LogP contribution is -2.31. The molecule has 0 saturated carbocycles. The maximum atomic E-state index is 10.7. The number of hydrogen-bond acceptors (Lipinski definition) is 3. The van der Waals surface area contributed by atoms with E-state index in [4.69, 9.17) is 23.2 Å². The van der Waals surface area contributed by atoms with Gasteiger partial charge in [-0.2, -0.15) is 0 Å². The van der Waals surface area contributed by atoms with Crippen molar-refractivity contribution in [1.29, 1.82) is 0 Å². The highest BCUT2D eigenvalue weighted by Crippen LogP contribution is 2.38. The zero-order valence-electron chi connectivity index (χ0n) is 15.5. The Labute approximate surface area is 169 Å². The Hall–Kier alpha value is -1.88. The van der Waals surface area contributed by atoms with E-state index in [9.17, 15) is 5.11 Å². The molecular weight excluding hydrogens is 381 g/mol. The maximum Gasteiger partial charge on any atom is 0.200 e. The number of halogens is 2. The fourth-order valence-corrected chi connectivity index (χ4v) is 4.24. The number of nitrogens with zero attached hydrogens (tertiary/aromatic N) is 3. The molecule has 142 valence electrons. The van der Waals surface area contributed by atoms with Gasteiger partial charge in [0.2, 0.25) is 5.88 Å². The van der Waals surface area contributed by atoms with Crippen LogP contribution >= 0.6 is 23.2 Å². The second-order valence-electron chi connectivity index (χ2n) is 7.45. The van der Waals surface area contributed by atoms with E-state index in [1.54, 1.807) is 0 Å². The van der Waals surface area contributed by atoms with Crippen molar-refractivity contribution in [1.82, 2.24) is 9.47 Å². The van der Waals surface area contributed by atoms with Crippen LogP contribution in [0.5, 0.6) is 5.88 Å². The van der Waals surface area contributed by atoms with Crippen molar-refractivity contribution in [2.45, 2.75) is 19.0 Å². The largest absolute Gasteiger partial charge is 0.494 e. The van der Waals surface area contributed by atoms with E-state index >= 15 is 0 Å². The molecule has 4 nitrogen and oxygen atoms in total. The van der Waals surface area contributed by atoms with E-state index in [0.717, 1.165) is 36.1 Å². The molecule has 0 unspecified atom stereocenters. The fourth-order valence-electron chi connectivity index (χ4n) is 3.81. The minimum atomic E-state index is 0.198. The minimum absolute atomic E-state index is 0.198. The first-order valence-corrected chi connectivity index (χ1v) is 9.85. The highest BCUT2D eigenvalue weighted by molar-refractivity contribution is 6.36. The van der Waals surface area contributed by atoms with Crippen molar-refractivity contribution in [2.24, 2.45) is 0 Å². The zero-order valence-corrected chi connectivity index (χ0v) is 17.0. The summed E-state index contributed by atoms with van der Waals surface area (Å²) in [6.07, 6.45) is 3.11. The zero-order chi connectivity index (χ0) is 19.1. The molecule has 1 aliphatic rings. The summed E-state index contributed by atoms with van der Waals surface area (Å²) < 4.78 is 1.83. The summed E-state index contributed by atoms with van der Waals surface area (Å²) in [5, 5.41) is 13.6. The van der Waals surface area contributed by atoms with Gasteiger partial charge in [-0.05, 0) is 50.3 Å². The molecule has 6 heteroatoms. The Bertz CT molecular complexity index is 966. The predicted molar refractivity (Wildman–Crippen MR) is 113 cm³/mol. The first kappa shape index (κ1) is 18.5. The van der Waals surface area contributed by atoms with Crippen LogP contribution in [0.2, 0.25) is 10.0 Å². The van der Waals surface area contributed by atoms with Gasteiger partial charge in [0.1, 0.15) is 0 Å². The topological polar surface area (TPSA) is 31.6 Å². The molecule has 0 amide bonds. The molecule has 2 aromatic carbocycles. The van der Waals surface area contributed by atoms with Crippen LogP contribution in [-0.4, -0.2) is 47.8 Å². The maximum absolute atomic E-state index is 10.7. The summed E-state index contributed by atoms with van der Waals surface area (Å²) in [6.45, 7) is 2.57. The Morgan fingerprint density at radius 1 is 1.15 bits per heavy atom. The van der Waals surface area contributed by atoms with Gasteiger partial charge in [-0.25, -0.2) is 0 Å². The Kier molecular flexibility index (Phi) is 4.97. The molecule has 0 bridgehead atoms. The normalized spacial score (nSPS) is 17.4. The SMILES string of the molecule is CN(C)[C@@H]1CCN(c2cc(Cl)c3c(O)n(Cc4ccc(Cl)cc4)cc3c2)C1. The number of aromatic hydroxyl groups is 1. The van der Waals surface area contributed by atoms with Crippen molar-refractivity contribution < 1.29 is 5.11 Å². The number of likely N-dealkylation sites (N-methyl/N-ethyl adjacent to an activating group) is 1. The summed E-state index contributed by atoms with van der Waals surface area (Å²) in [6, 6.07) is 12.3. The number of aromatic nitrogens is 1. The van der Waals surface area contributed by atoms with Crippen LogP contribution in [0.4, 0.5) is 5.69 Å². The number of anilines is 1. The molecule has 2 heterocycles. The number of benzene rings is 2. The monoisotopic (exact) mass is 403 g/mol. The third-order valence-corrected chi connectivity index (χ3v) is 5.97. The molecule has 1 fully saturated rings. The van der Waals surface area contributed by atoms with Crippen LogP contribution in [0.1, 0.15) is 12.0 Å². The van der Waals surface area contributed by atoms with Crippen molar-refractivity contribution in [3.63, 3.8) is 0 Å². The van der Waals surface area contributed by atoms with Crippen molar-refractivity contribution in [3.05, 3.63) is 58.2 Å². The number of fused-ring (bicyclic) bond motifs is 1. The molecule has 1 N–H and O–H groups in total. The van der Waals surface area contributed by atoms with Crippen molar-refractivity contribution in [2.75, 3.05) is 32.1 Å². The van der Waals surface area contributed by atoms with Gasteiger partial charge in [0.15, 0.2) is 0 Å². The van der Waals surface area contributed by atoms with Crippen LogP contribution in [0, 0.1) is 0 Å². The average Bonchev–Trinajstić information content (AvgIpc) is 3.23. The van der Waals surface area contributed by atoms with Crippen molar-refractivity contribution in [3.8, 4) is 5.88 Å². The Morgan fingerprint density at radius 2 is 1.89 bits per heavy atom. The first-order valence-electron chi connectivity index (χ1n) is 9.09. The highest BCUT2D eigenvalue weighted by atomic mass is 35.5. The standard InChI is InChI=1S/C21H23Cl2N3O/c1-24(2)17-7-8-25(13-17)18-9-15-12-26(21(27)20(15)19(23)10-18)11-14-3-5-16(22)6-4-14/h3-6,9-10,12,17,27H,7-8,11,13H2,1-2H3/t17-/m1/s1. The predicted octanol–water partition coefficient (Wildman–Crippen LogP) is 4.84. The van der Waals surface area contributed by atoms with Gasteiger partial charge in [0.25, 0.3) is 0 Å². The van der Waals surface area contributed by atoms with E-state index in [2.05, 4.69) is 30.0 Å². The van der Waals surface area contributed by atoms with E-state index in [0.29, 0.717) is 28.0 Å². The van der Waals surface area contributed by atoms with Crippen LogP contribution in [0.15, 0.2) is 42.6 Å². The molecule has 27 heavy (non-hydrogen) atoms. The fraction of sp³-hybridized carbons (Fsp3) is 0.333. The molecule has 0 radical (unpaired) electrons. The molecule has 1 atom stereocenters. The average molecular weight is 404 g/mol. The summed E-state index contributed by atoms with van der Waals surface area (Å²) in [7, 11) is 4.25. The Morgan fingerprint density at radius 3 is 2.56 bits per heavy atom. The van der Waals surface area contributed by atoms with Crippen molar-refractivity contribution >= 4 is 39.7 Å². The molecule has 0 aliphatic carbocycles. The van der Waals surface area contributed by atoms with Gasteiger partial charge < -0.3 is 19.5 Å². The third-order valence-electron chi connectivity index (χ3n) is 5.42. The number of rotatable bonds is 4. The summed E-state index contributed by atoms with van der Waals surface area (Å²) in [5.41, 5.74) is 2.18.